The van der Waals surface area contributed by atoms with Gasteiger partial charge in [0.25, 0.3) is 0 Å². The zero-order valence-electron chi connectivity index (χ0n) is 9.17. The van der Waals surface area contributed by atoms with Crippen LogP contribution in [0, 0.1) is 0 Å². The van der Waals surface area contributed by atoms with Crippen LogP contribution in [0.25, 0.3) is 16.9 Å². The number of pyridine rings is 1. The summed E-state index contributed by atoms with van der Waals surface area (Å²) in [7, 11) is 0. The molecular formula is C13H12N4. The van der Waals surface area contributed by atoms with E-state index in [-0.39, 0.29) is 0 Å². The summed E-state index contributed by atoms with van der Waals surface area (Å²) >= 11 is 0. The van der Waals surface area contributed by atoms with Gasteiger partial charge in [-0.25, -0.2) is 4.98 Å². The standard InChI is InChI=1S/C13H12N4/c14-10-5-3-6-11(15)12(10)13-16-8-9-4-1-2-7-17(9)13/h1-8H,14-15H2. The van der Waals surface area contributed by atoms with E-state index < -0.39 is 0 Å². The van der Waals surface area contributed by atoms with E-state index in [2.05, 4.69) is 4.98 Å². The number of hydrogen-bond donors (Lipinski definition) is 2. The van der Waals surface area contributed by atoms with Gasteiger partial charge in [-0.15, -0.1) is 0 Å². The lowest BCUT2D eigenvalue weighted by molar-refractivity contribution is 1.16. The minimum atomic E-state index is 0.640. The summed E-state index contributed by atoms with van der Waals surface area (Å²) in [6.07, 6.45) is 3.75. The molecule has 0 saturated heterocycles. The fourth-order valence-electron chi connectivity index (χ4n) is 1.98. The van der Waals surface area contributed by atoms with Crippen LogP contribution < -0.4 is 11.5 Å². The van der Waals surface area contributed by atoms with E-state index in [9.17, 15) is 0 Å². The molecule has 0 unspecified atom stereocenters. The van der Waals surface area contributed by atoms with Crippen LogP contribution >= 0.6 is 0 Å². The molecule has 0 bridgehead atoms. The highest BCUT2D eigenvalue weighted by Crippen LogP contribution is 2.30. The molecule has 3 rings (SSSR count). The number of aromatic nitrogens is 2. The number of nitrogens with zero attached hydrogens (tertiary/aromatic N) is 2. The SMILES string of the molecule is Nc1cccc(N)c1-c1ncc2ccccn12. The molecule has 4 nitrogen and oxygen atoms in total. The van der Waals surface area contributed by atoms with E-state index in [0.717, 1.165) is 16.9 Å². The van der Waals surface area contributed by atoms with Crippen molar-refractivity contribution in [3.05, 3.63) is 48.8 Å². The summed E-state index contributed by atoms with van der Waals surface area (Å²) in [6, 6.07) is 11.4. The first kappa shape index (κ1) is 9.72. The first-order valence-corrected chi connectivity index (χ1v) is 5.34. The van der Waals surface area contributed by atoms with Crippen LogP contribution in [-0.2, 0) is 0 Å². The molecule has 0 aliphatic carbocycles. The van der Waals surface area contributed by atoms with Crippen molar-refractivity contribution >= 4 is 16.9 Å². The Balaban J connectivity index is 2.35. The topological polar surface area (TPSA) is 69.3 Å². The fourth-order valence-corrected chi connectivity index (χ4v) is 1.98. The quantitative estimate of drug-likeness (QED) is 0.622. The minimum absolute atomic E-state index is 0.640. The lowest BCUT2D eigenvalue weighted by atomic mass is 10.1. The number of benzene rings is 1. The Labute approximate surface area is 98.5 Å². The average Bonchev–Trinajstić information content (AvgIpc) is 2.73. The molecule has 0 saturated carbocycles. The number of rotatable bonds is 1. The van der Waals surface area contributed by atoms with Gasteiger partial charge in [-0.05, 0) is 24.3 Å². The third-order valence-electron chi connectivity index (χ3n) is 2.79. The number of anilines is 2. The van der Waals surface area contributed by atoms with Crippen molar-refractivity contribution < 1.29 is 0 Å². The molecule has 84 valence electrons. The van der Waals surface area contributed by atoms with Crippen LogP contribution in [0.5, 0.6) is 0 Å². The highest BCUT2D eigenvalue weighted by atomic mass is 15.0. The maximum atomic E-state index is 5.97. The molecule has 0 amide bonds. The molecule has 0 aliphatic rings. The molecule has 0 aliphatic heterocycles. The zero-order chi connectivity index (χ0) is 11.8. The number of hydrogen-bond acceptors (Lipinski definition) is 3. The van der Waals surface area contributed by atoms with Crippen molar-refractivity contribution in [1.29, 1.82) is 0 Å². The molecule has 2 aromatic heterocycles. The summed E-state index contributed by atoms with van der Waals surface area (Å²) < 4.78 is 1.97. The number of fused-ring (bicyclic) bond motifs is 1. The van der Waals surface area contributed by atoms with E-state index >= 15 is 0 Å². The van der Waals surface area contributed by atoms with Crippen molar-refractivity contribution in [3.63, 3.8) is 0 Å². The smallest absolute Gasteiger partial charge is 0.148 e. The maximum absolute atomic E-state index is 5.97. The zero-order valence-corrected chi connectivity index (χ0v) is 9.17. The molecule has 4 N–H and O–H groups in total. The highest BCUT2D eigenvalue weighted by molar-refractivity contribution is 5.84. The Morgan fingerprint density at radius 1 is 0.941 bits per heavy atom. The van der Waals surface area contributed by atoms with Crippen molar-refractivity contribution in [2.45, 2.75) is 0 Å². The predicted molar refractivity (Wildman–Crippen MR) is 69.5 cm³/mol. The Morgan fingerprint density at radius 2 is 1.71 bits per heavy atom. The van der Waals surface area contributed by atoms with Gasteiger partial charge >= 0.3 is 0 Å². The van der Waals surface area contributed by atoms with Crippen molar-refractivity contribution in [1.82, 2.24) is 9.38 Å². The molecule has 1 aromatic carbocycles. The van der Waals surface area contributed by atoms with E-state index in [1.54, 1.807) is 6.20 Å². The first-order chi connectivity index (χ1) is 8.27. The molecule has 0 fully saturated rings. The van der Waals surface area contributed by atoms with Crippen molar-refractivity contribution in [2.75, 3.05) is 11.5 Å². The normalized spacial score (nSPS) is 10.8. The molecule has 2 heterocycles. The highest BCUT2D eigenvalue weighted by Gasteiger charge is 2.11. The van der Waals surface area contributed by atoms with Gasteiger partial charge in [-0.3, -0.25) is 4.40 Å². The Kier molecular flexibility index (Phi) is 2.01. The minimum Gasteiger partial charge on any atom is -0.398 e. The molecule has 0 atom stereocenters. The lowest BCUT2D eigenvalue weighted by Gasteiger charge is -2.07. The van der Waals surface area contributed by atoms with E-state index in [1.807, 2.05) is 47.0 Å². The van der Waals surface area contributed by atoms with Gasteiger partial charge in [0.15, 0.2) is 0 Å². The van der Waals surface area contributed by atoms with Gasteiger partial charge in [0.2, 0.25) is 0 Å². The lowest BCUT2D eigenvalue weighted by Crippen LogP contribution is -1.99. The number of imidazole rings is 1. The van der Waals surface area contributed by atoms with Crippen LogP contribution in [0.1, 0.15) is 0 Å². The third kappa shape index (κ3) is 1.42. The Hall–Kier alpha value is -2.49. The fraction of sp³-hybridized carbons (Fsp3) is 0. The second-order valence-corrected chi connectivity index (χ2v) is 3.89. The van der Waals surface area contributed by atoms with Crippen LogP contribution in [0.4, 0.5) is 11.4 Å². The predicted octanol–water partition coefficient (Wildman–Crippen LogP) is 2.17. The molecule has 3 aromatic rings. The van der Waals surface area contributed by atoms with Gasteiger partial charge in [0.05, 0.1) is 17.3 Å². The molecule has 0 spiro atoms. The van der Waals surface area contributed by atoms with Crippen LogP contribution in [0.2, 0.25) is 0 Å². The van der Waals surface area contributed by atoms with E-state index in [1.165, 1.54) is 0 Å². The van der Waals surface area contributed by atoms with Gasteiger partial charge in [0.1, 0.15) is 5.82 Å². The molecule has 0 radical (unpaired) electrons. The number of nitrogen functional groups attached to an aromatic ring is 2. The van der Waals surface area contributed by atoms with Crippen LogP contribution in [0.3, 0.4) is 0 Å². The van der Waals surface area contributed by atoms with Gasteiger partial charge in [-0.1, -0.05) is 12.1 Å². The summed E-state index contributed by atoms with van der Waals surface area (Å²) in [4.78, 5) is 4.39. The maximum Gasteiger partial charge on any atom is 0.148 e. The number of nitrogens with two attached hydrogens (primary N) is 2. The van der Waals surface area contributed by atoms with Crippen molar-refractivity contribution in [2.24, 2.45) is 0 Å². The summed E-state index contributed by atoms with van der Waals surface area (Å²) in [6.45, 7) is 0. The molecular weight excluding hydrogens is 212 g/mol. The average molecular weight is 224 g/mol. The molecule has 4 heteroatoms. The van der Waals surface area contributed by atoms with Crippen LogP contribution in [-0.4, -0.2) is 9.38 Å². The Bertz CT molecular complexity index is 664. The van der Waals surface area contributed by atoms with Crippen LogP contribution in [0.15, 0.2) is 48.8 Å². The first-order valence-electron chi connectivity index (χ1n) is 5.34. The summed E-state index contributed by atoms with van der Waals surface area (Å²) in [5.74, 6) is 0.774. The largest absolute Gasteiger partial charge is 0.398 e. The van der Waals surface area contributed by atoms with Crippen molar-refractivity contribution in [3.8, 4) is 11.4 Å². The van der Waals surface area contributed by atoms with Gasteiger partial charge < -0.3 is 11.5 Å². The van der Waals surface area contributed by atoms with Gasteiger partial charge in [-0.2, -0.15) is 0 Å². The monoisotopic (exact) mass is 224 g/mol. The Morgan fingerprint density at radius 3 is 2.47 bits per heavy atom. The second kappa shape index (κ2) is 3.52. The van der Waals surface area contributed by atoms with E-state index in [0.29, 0.717) is 11.4 Å². The summed E-state index contributed by atoms with van der Waals surface area (Å²) in [5, 5.41) is 0. The van der Waals surface area contributed by atoms with E-state index in [4.69, 9.17) is 11.5 Å². The van der Waals surface area contributed by atoms with Gasteiger partial charge in [0, 0.05) is 17.6 Å². The third-order valence-corrected chi connectivity index (χ3v) is 2.79. The summed E-state index contributed by atoms with van der Waals surface area (Å²) in [5.41, 5.74) is 15.0. The molecule has 17 heavy (non-hydrogen) atoms. The second-order valence-electron chi connectivity index (χ2n) is 3.89.